The quantitative estimate of drug-likeness (QED) is 0.288. The highest BCUT2D eigenvalue weighted by Crippen LogP contribution is 2.14. The summed E-state index contributed by atoms with van der Waals surface area (Å²) >= 11 is 0. The number of nitrogens with zero attached hydrogens (tertiary/aromatic N) is 1. The molecule has 0 bridgehead atoms. The van der Waals surface area contributed by atoms with Crippen LogP contribution in [0.15, 0.2) is 0 Å². The van der Waals surface area contributed by atoms with Crippen LogP contribution in [0.5, 0.6) is 0 Å². The van der Waals surface area contributed by atoms with Gasteiger partial charge >= 0.3 is 0 Å². The highest BCUT2D eigenvalue weighted by molar-refractivity contribution is 7.91. The van der Waals surface area contributed by atoms with Crippen molar-refractivity contribution < 1.29 is 8.42 Å². The number of unbranched alkanes of at least 4 members (excludes halogenated alkanes) is 15. The Morgan fingerprint density at radius 1 is 0.577 bits per heavy atom. The van der Waals surface area contributed by atoms with Crippen LogP contribution in [0.3, 0.4) is 0 Å². The second-order valence-electron chi connectivity index (χ2n) is 8.30. The van der Waals surface area contributed by atoms with Crippen LogP contribution in [-0.2, 0) is 9.84 Å². The molecule has 0 unspecified atom stereocenters. The van der Waals surface area contributed by atoms with Crippen LogP contribution >= 0.6 is 0 Å². The van der Waals surface area contributed by atoms with Crippen molar-refractivity contribution in [1.82, 2.24) is 4.90 Å². The van der Waals surface area contributed by atoms with Gasteiger partial charge in [-0.25, -0.2) is 8.42 Å². The van der Waals surface area contributed by atoms with Crippen LogP contribution in [0.1, 0.15) is 110 Å². The van der Waals surface area contributed by atoms with Gasteiger partial charge in [0.15, 0.2) is 9.84 Å². The van der Waals surface area contributed by atoms with Gasteiger partial charge in [0.25, 0.3) is 0 Å². The third-order valence-electron chi connectivity index (χ3n) is 5.76. The standard InChI is InChI=1S/C22H45NO2S/c1-2-3-4-5-6-7-8-9-10-11-12-13-14-15-16-17-18-23-19-21-26(24,25)22-20-23/h2-22H2,1H3. The van der Waals surface area contributed by atoms with Crippen molar-refractivity contribution in [2.45, 2.75) is 110 Å². The van der Waals surface area contributed by atoms with Crippen LogP contribution in [-0.4, -0.2) is 44.5 Å². The fourth-order valence-corrected chi connectivity index (χ4v) is 5.13. The molecule has 4 heteroatoms. The predicted molar refractivity (Wildman–Crippen MR) is 115 cm³/mol. The van der Waals surface area contributed by atoms with E-state index in [0.717, 1.165) is 19.6 Å². The van der Waals surface area contributed by atoms with Gasteiger partial charge in [-0.2, -0.15) is 0 Å². The largest absolute Gasteiger partial charge is 0.301 e. The summed E-state index contributed by atoms with van der Waals surface area (Å²) < 4.78 is 22.8. The minimum Gasteiger partial charge on any atom is -0.301 e. The molecule has 0 aromatic heterocycles. The maximum Gasteiger partial charge on any atom is 0.152 e. The van der Waals surface area contributed by atoms with Gasteiger partial charge in [0, 0.05) is 13.1 Å². The van der Waals surface area contributed by atoms with E-state index in [4.69, 9.17) is 0 Å². The first-order valence-electron chi connectivity index (χ1n) is 11.6. The Morgan fingerprint density at radius 2 is 0.923 bits per heavy atom. The molecule has 0 aromatic carbocycles. The van der Waals surface area contributed by atoms with Crippen molar-refractivity contribution in [1.29, 1.82) is 0 Å². The molecule has 0 aliphatic carbocycles. The number of hydrogen-bond donors (Lipinski definition) is 0. The molecule has 0 spiro atoms. The maximum atomic E-state index is 11.4. The lowest BCUT2D eigenvalue weighted by molar-refractivity contribution is 0.287. The van der Waals surface area contributed by atoms with Crippen LogP contribution < -0.4 is 0 Å². The average Bonchev–Trinajstić information content (AvgIpc) is 2.62. The van der Waals surface area contributed by atoms with Gasteiger partial charge in [0.2, 0.25) is 0 Å². The fourth-order valence-electron chi connectivity index (χ4n) is 3.86. The molecular weight excluding hydrogens is 342 g/mol. The highest BCUT2D eigenvalue weighted by Gasteiger charge is 2.20. The minimum absolute atomic E-state index is 0.367. The smallest absolute Gasteiger partial charge is 0.152 e. The second-order valence-corrected chi connectivity index (χ2v) is 10.6. The van der Waals surface area contributed by atoms with Gasteiger partial charge in [-0.1, -0.05) is 103 Å². The monoisotopic (exact) mass is 387 g/mol. The van der Waals surface area contributed by atoms with E-state index in [9.17, 15) is 8.42 Å². The van der Waals surface area contributed by atoms with E-state index < -0.39 is 9.84 Å². The molecular formula is C22H45NO2S. The zero-order valence-corrected chi connectivity index (χ0v) is 18.3. The fraction of sp³-hybridized carbons (Fsp3) is 1.00. The molecule has 0 aromatic rings. The van der Waals surface area contributed by atoms with E-state index in [1.807, 2.05) is 0 Å². The average molecular weight is 388 g/mol. The third kappa shape index (κ3) is 14.0. The molecule has 26 heavy (non-hydrogen) atoms. The summed E-state index contributed by atoms with van der Waals surface area (Å²) in [5.41, 5.74) is 0. The molecule has 0 N–H and O–H groups in total. The van der Waals surface area contributed by atoms with E-state index in [1.54, 1.807) is 0 Å². The van der Waals surface area contributed by atoms with Gasteiger partial charge in [-0.3, -0.25) is 0 Å². The van der Waals surface area contributed by atoms with Crippen molar-refractivity contribution in [3.8, 4) is 0 Å². The van der Waals surface area contributed by atoms with Gasteiger partial charge in [0.05, 0.1) is 11.5 Å². The molecule has 1 aliphatic heterocycles. The summed E-state index contributed by atoms with van der Waals surface area (Å²) in [5.74, 6) is 0.734. The molecule has 1 rings (SSSR count). The zero-order chi connectivity index (χ0) is 18.9. The summed E-state index contributed by atoms with van der Waals surface area (Å²) in [6.45, 7) is 4.88. The van der Waals surface area contributed by atoms with E-state index >= 15 is 0 Å². The van der Waals surface area contributed by atoms with Crippen molar-refractivity contribution >= 4 is 9.84 Å². The van der Waals surface area contributed by atoms with Crippen molar-refractivity contribution in [2.24, 2.45) is 0 Å². The summed E-state index contributed by atoms with van der Waals surface area (Å²) in [7, 11) is -2.72. The maximum absolute atomic E-state index is 11.4. The van der Waals surface area contributed by atoms with E-state index in [-0.39, 0.29) is 0 Å². The van der Waals surface area contributed by atoms with Gasteiger partial charge in [-0.05, 0) is 13.0 Å². The second kappa shape index (κ2) is 15.9. The zero-order valence-electron chi connectivity index (χ0n) is 17.5. The number of rotatable bonds is 17. The molecule has 1 aliphatic rings. The summed E-state index contributed by atoms with van der Waals surface area (Å²) in [6.07, 6.45) is 22.4. The van der Waals surface area contributed by atoms with Gasteiger partial charge in [-0.15, -0.1) is 0 Å². The van der Waals surface area contributed by atoms with E-state index in [1.165, 1.54) is 103 Å². The first-order chi connectivity index (χ1) is 12.6. The minimum atomic E-state index is -2.72. The predicted octanol–water partition coefficient (Wildman–Crippen LogP) is 5.98. The Bertz CT molecular complexity index is 394. The molecule has 0 saturated carbocycles. The van der Waals surface area contributed by atoms with Crippen LogP contribution in [0.25, 0.3) is 0 Å². The van der Waals surface area contributed by atoms with Gasteiger partial charge in [0.1, 0.15) is 0 Å². The van der Waals surface area contributed by atoms with E-state index in [2.05, 4.69) is 11.8 Å². The van der Waals surface area contributed by atoms with E-state index in [0.29, 0.717) is 11.5 Å². The molecule has 0 radical (unpaired) electrons. The number of hydrogen-bond acceptors (Lipinski definition) is 3. The van der Waals surface area contributed by atoms with Crippen LogP contribution in [0.4, 0.5) is 0 Å². The SMILES string of the molecule is CCCCCCCCCCCCCCCCCCN1CCS(=O)(=O)CC1. The molecule has 3 nitrogen and oxygen atoms in total. The Balaban J connectivity index is 1.72. The molecule has 1 saturated heterocycles. The molecule has 0 atom stereocenters. The lowest BCUT2D eigenvalue weighted by atomic mass is 10.0. The van der Waals surface area contributed by atoms with Crippen molar-refractivity contribution in [2.75, 3.05) is 31.1 Å². The van der Waals surface area contributed by atoms with Gasteiger partial charge < -0.3 is 4.90 Å². The Labute approximate surface area is 164 Å². The lowest BCUT2D eigenvalue weighted by Gasteiger charge is -2.26. The normalized spacial score (nSPS) is 17.6. The van der Waals surface area contributed by atoms with Crippen LogP contribution in [0.2, 0.25) is 0 Å². The van der Waals surface area contributed by atoms with Crippen molar-refractivity contribution in [3.05, 3.63) is 0 Å². The summed E-state index contributed by atoms with van der Waals surface area (Å²) in [5, 5.41) is 0. The third-order valence-corrected chi connectivity index (χ3v) is 7.37. The molecule has 1 heterocycles. The summed E-state index contributed by atoms with van der Waals surface area (Å²) in [4.78, 5) is 2.32. The Morgan fingerprint density at radius 3 is 1.31 bits per heavy atom. The van der Waals surface area contributed by atoms with Crippen molar-refractivity contribution in [3.63, 3.8) is 0 Å². The number of sulfone groups is 1. The van der Waals surface area contributed by atoms with Crippen LogP contribution in [0, 0.1) is 0 Å². The molecule has 0 amide bonds. The molecule has 1 fully saturated rings. The molecule has 156 valence electrons. The summed E-state index contributed by atoms with van der Waals surface area (Å²) in [6, 6.07) is 0. The Hall–Kier alpha value is -0.0900. The topological polar surface area (TPSA) is 37.4 Å². The first-order valence-corrected chi connectivity index (χ1v) is 13.4. The Kier molecular flexibility index (Phi) is 14.7. The lowest BCUT2D eigenvalue weighted by Crippen LogP contribution is -2.40. The highest BCUT2D eigenvalue weighted by atomic mass is 32.2. The first kappa shape index (κ1) is 23.9.